The van der Waals surface area contributed by atoms with Crippen molar-refractivity contribution in [3.05, 3.63) is 0 Å². The molecule has 1 atom stereocenters. The van der Waals surface area contributed by atoms with Gasteiger partial charge in [0.05, 0.1) is 0 Å². The van der Waals surface area contributed by atoms with Gasteiger partial charge in [-0.15, -0.1) is 12.4 Å². The van der Waals surface area contributed by atoms with Crippen LogP contribution >= 0.6 is 12.4 Å². The first kappa shape index (κ1) is 18.7. The average molecular weight is 320 g/mol. The number of carbonyl (C=O) groups is 1. The Labute approximate surface area is 134 Å². The van der Waals surface area contributed by atoms with Crippen LogP contribution in [0.3, 0.4) is 0 Å². The van der Waals surface area contributed by atoms with Crippen LogP contribution in [0.5, 0.6) is 0 Å². The molecule has 3 N–H and O–H groups in total. The zero-order valence-corrected chi connectivity index (χ0v) is 13.7. The monoisotopic (exact) mass is 319 g/mol. The van der Waals surface area contributed by atoms with E-state index in [1.807, 2.05) is 0 Å². The van der Waals surface area contributed by atoms with Crippen LogP contribution in [0.15, 0.2) is 0 Å². The average Bonchev–Trinajstić information content (AvgIpc) is 2.48. The molecule has 0 bridgehead atoms. The predicted octanol–water partition coefficient (Wildman–Crippen LogP) is 1.15. The molecule has 0 saturated carbocycles. The lowest BCUT2D eigenvalue weighted by molar-refractivity contribution is -0.121. The first-order chi connectivity index (χ1) is 9.79. The van der Waals surface area contributed by atoms with E-state index in [4.69, 9.17) is 10.5 Å². The van der Waals surface area contributed by atoms with Crippen molar-refractivity contribution in [2.75, 3.05) is 39.4 Å². The fourth-order valence-electron chi connectivity index (χ4n) is 3.24. The Morgan fingerprint density at radius 2 is 2.00 bits per heavy atom. The van der Waals surface area contributed by atoms with Gasteiger partial charge < -0.3 is 15.8 Å². The van der Waals surface area contributed by atoms with Gasteiger partial charge in [-0.25, -0.2) is 0 Å². The minimum atomic E-state index is 0. The van der Waals surface area contributed by atoms with E-state index in [1.54, 1.807) is 0 Å². The third-order valence-corrected chi connectivity index (χ3v) is 4.49. The summed E-state index contributed by atoms with van der Waals surface area (Å²) in [6.07, 6.45) is 6.57. The zero-order valence-electron chi connectivity index (χ0n) is 12.9. The van der Waals surface area contributed by atoms with Gasteiger partial charge in [-0.1, -0.05) is 6.42 Å². The summed E-state index contributed by atoms with van der Waals surface area (Å²) in [6, 6.07) is 0.508. The maximum absolute atomic E-state index is 11.6. The van der Waals surface area contributed by atoms with Gasteiger partial charge >= 0.3 is 0 Å². The van der Waals surface area contributed by atoms with E-state index in [2.05, 4.69) is 10.2 Å². The summed E-state index contributed by atoms with van der Waals surface area (Å²) in [6.45, 7) is 5.38. The molecule has 0 aliphatic carbocycles. The molecule has 21 heavy (non-hydrogen) atoms. The summed E-state index contributed by atoms with van der Waals surface area (Å²) in [5.41, 5.74) is 5.41. The van der Waals surface area contributed by atoms with Crippen LogP contribution in [-0.2, 0) is 9.53 Å². The fourth-order valence-corrected chi connectivity index (χ4v) is 3.24. The summed E-state index contributed by atoms with van der Waals surface area (Å²) >= 11 is 0. The van der Waals surface area contributed by atoms with Gasteiger partial charge in [0.25, 0.3) is 0 Å². The topological polar surface area (TPSA) is 67.6 Å². The number of piperidine rings is 1. The van der Waals surface area contributed by atoms with Gasteiger partial charge in [0.15, 0.2) is 0 Å². The molecule has 2 saturated heterocycles. The second-order valence-corrected chi connectivity index (χ2v) is 6.04. The van der Waals surface area contributed by atoms with Crippen LogP contribution in [0.2, 0.25) is 0 Å². The Balaban J connectivity index is 0.00000220. The quantitative estimate of drug-likeness (QED) is 0.771. The molecule has 0 aromatic heterocycles. The molecule has 0 aromatic rings. The van der Waals surface area contributed by atoms with Gasteiger partial charge in [0.1, 0.15) is 0 Å². The van der Waals surface area contributed by atoms with E-state index in [1.165, 1.54) is 45.2 Å². The van der Waals surface area contributed by atoms with Crippen molar-refractivity contribution in [1.82, 2.24) is 10.2 Å². The van der Waals surface area contributed by atoms with E-state index in [-0.39, 0.29) is 18.3 Å². The standard InChI is InChI=1S/C15H29N3O2.ClH/c16-7-4-15(19)17-11-14-3-1-2-8-18(14)12-13-5-9-20-10-6-13;/h13-14H,1-12,16H2,(H,17,19);1H. The number of carbonyl (C=O) groups excluding carboxylic acids is 1. The summed E-state index contributed by atoms with van der Waals surface area (Å²) < 4.78 is 5.43. The van der Waals surface area contributed by atoms with Gasteiger partial charge in [-0.3, -0.25) is 9.69 Å². The molecule has 2 aliphatic heterocycles. The minimum absolute atomic E-state index is 0. The number of rotatable bonds is 6. The van der Waals surface area contributed by atoms with Crippen LogP contribution < -0.4 is 11.1 Å². The van der Waals surface area contributed by atoms with Gasteiger partial charge in [-0.05, 0) is 38.1 Å². The summed E-state index contributed by atoms with van der Waals surface area (Å²) in [5.74, 6) is 0.855. The molecule has 2 fully saturated rings. The van der Waals surface area contributed by atoms with E-state index in [0.29, 0.717) is 19.0 Å². The van der Waals surface area contributed by atoms with Gasteiger partial charge in [0.2, 0.25) is 5.91 Å². The lowest BCUT2D eigenvalue weighted by atomic mass is 9.95. The van der Waals surface area contributed by atoms with Crippen molar-refractivity contribution in [2.24, 2.45) is 11.7 Å². The molecule has 124 valence electrons. The summed E-state index contributed by atoms with van der Waals surface area (Å²) in [5, 5.41) is 3.04. The van der Waals surface area contributed by atoms with Crippen molar-refractivity contribution in [1.29, 1.82) is 0 Å². The molecular weight excluding hydrogens is 290 g/mol. The highest BCUT2D eigenvalue weighted by Gasteiger charge is 2.26. The van der Waals surface area contributed by atoms with Crippen molar-refractivity contribution in [3.8, 4) is 0 Å². The van der Waals surface area contributed by atoms with Crippen LogP contribution in [-0.4, -0.2) is 56.2 Å². The number of likely N-dealkylation sites (tertiary alicyclic amines) is 1. The molecule has 1 amide bonds. The van der Waals surface area contributed by atoms with Gasteiger partial charge in [-0.2, -0.15) is 0 Å². The molecular formula is C15H30ClN3O2. The highest BCUT2D eigenvalue weighted by Crippen LogP contribution is 2.22. The first-order valence-corrected chi connectivity index (χ1v) is 8.08. The van der Waals surface area contributed by atoms with Crippen molar-refractivity contribution >= 4 is 18.3 Å². The lowest BCUT2D eigenvalue weighted by Crippen LogP contribution is -2.48. The Kier molecular flexibility index (Phi) is 9.24. The second-order valence-electron chi connectivity index (χ2n) is 6.04. The van der Waals surface area contributed by atoms with Crippen molar-refractivity contribution in [2.45, 2.75) is 44.6 Å². The molecule has 1 unspecified atom stereocenters. The van der Waals surface area contributed by atoms with Crippen LogP contribution in [0.4, 0.5) is 0 Å². The molecule has 6 heteroatoms. The van der Waals surface area contributed by atoms with Gasteiger partial charge in [0, 0.05) is 45.3 Å². The third-order valence-electron chi connectivity index (χ3n) is 4.49. The Morgan fingerprint density at radius 3 is 2.71 bits per heavy atom. The first-order valence-electron chi connectivity index (χ1n) is 8.08. The molecule has 0 spiro atoms. The Bertz CT molecular complexity index is 299. The van der Waals surface area contributed by atoms with Crippen molar-refractivity contribution in [3.63, 3.8) is 0 Å². The van der Waals surface area contributed by atoms with E-state index in [0.717, 1.165) is 25.7 Å². The van der Waals surface area contributed by atoms with Crippen molar-refractivity contribution < 1.29 is 9.53 Å². The number of hydrogen-bond acceptors (Lipinski definition) is 4. The van der Waals surface area contributed by atoms with Crippen LogP contribution in [0.1, 0.15) is 38.5 Å². The number of nitrogens with one attached hydrogen (secondary N) is 1. The SMILES string of the molecule is Cl.NCCC(=O)NCC1CCCCN1CC1CCOCC1. The number of amides is 1. The summed E-state index contributed by atoms with van der Waals surface area (Å²) in [4.78, 5) is 14.1. The molecule has 0 radical (unpaired) electrons. The molecule has 0 aromatic carbocycles. The number of ether oxygens (including phenoxy) is 1. The second kappa shape index (κ2) is 10.4. The van der Waals surface area contributed by atoms with Crippen LogP contribution in [0.25, 0.3) is 0 Å². The molecule has 2 rings (SSSR count). The number of halogens is 1. The molecule has 5 nitrogen and oxygen atoms in total. The summed E-state index contributed by atoms with van der Waals surface area (Å²) in [7, 11) is 0. The van der Waals surface area contributed by atoms with E-state index < -0.39 is 0 Å². The third kappa shape index (κ3) is 6.51. The number of nitrogens with two attached hydrogens (primary N) is 1. The molecule has 2 heterocycles. The normalized spacial score (nSPS) is 24.3. The van der Waals surface area contributed by atoms with E-state index in [9.17, 15) is 4.79 Å². The highest BCUT2D eigenvalue weighted by atomic mass is 35.5. The molecule has 2 aliphatic rings. The largest absolute Gasteiger partial charge is 0.381 e. The zero-order chi connectivity index (χ0) is 14.2. The lowest BCUT2D eigenvalue weighted by Gasteiger charge is -2.38. The van der Waals surface area contributed by atoms with E-state index >= 15 is 0 Å². The minimum Gasteiger partial charge on any atom is -0.381 e. The highest BCUT2D eigenvalue weighted by molar-refractivity contribution is 5.85. The Morgan fingerprint density at radius 1 is 1.24 bits per heavy atom. The van der Waals surface area contributed by atoms with Crippen LogP contribution in [0, 0.1) is 5.92 Å². The Hall–Kier alpha value is -0.360. The maximum Gasteiger partial charge on any atom is 0.221 e. The number of hydrogen-bond donors (Lipinski definition) is 2. The number of nitrogens with zero attached hydrogens (tertiary/aromatic N) is 1. The fraction of sp³-hybridized carbons (Fsp3) is 0.933. The smallest absolute Gasteiger partial charge is 0.221 e. The predicted molar refractivity (Wildman–Crippen MR) is 86.7 cm³/mol. The maximum atomic E-state index is 11.6.